The predicted molar refractivity (Wildman–Crippen MR) is 272 cm³/mol. The van der Waals surface area contributed by atoms with Gasteiger partial charge in [0.2, 0.25) is 5.88 Å². The second kappa shape index (κ2) is 16.8. The summed E-state index contributed by atoms with van der Waals surface area (Å²) in [5.74, 6) is 0.866. The average molecular weight is 863 g/mol. The van der Waals surface area contributed by atoms with E-state index in [2.05, 4.69) is 78.9 Å². The van der Waals surface area contributed by atoms with Crippen molar-refractivity contribution in [2.75, 3.05) is 9.62 Å². The van der Waals surface area contributed by atoms with Crippen molar-refractivity contribution in [3.8, 4) is 45.3 Å². The predicted octanol–water partition coefficient (Wildman–Crippen LogP) is 13.7. The van der Waals surface area contributed by atoms with Crippen molar-refractivity contribution in [3.05, 3.63) is 236 Å². The Balaban J connectivity index is 1.07. The van der Waals surface area contributed by atoms with Crippen LogP contribution in [-0.4, -0.2) is 16.5 Å². The lowest BCUT2D eigenvalue weighted by molar-refractivity contribution is -0.566. The van der Waals surface area contributed by atoms with E-state index in [1.165, 1.54) is 0 Å². The van der Waals surface area contributed by atoms with E-state index in [9.17, 15) is 0 Å². The molecule has 1 aliphatic rings. The fraction of sp³-hybridized carbons (Fsp3) is 0.0847. The summed E-state index contributed by atoms with van der Waals surface area (Å²) in [5.41, 5.74) is 9.67. The van der Waals surface area contributed by atoms with Crippen LogP contribution in [0.15, 0.2) is 225 Å². The normalized spacial score (nSPS) is 14.4. The molecule has 3 heterocycles. The summed E-state index contributed by atoms with van der Waals surface area (Å²) in [5, 5.41) is 0. The highest BCUT2D eigenvalue weighted by molar-refractivity contribution is 6.84. The molecule has 0 unspecified atom stereocenters. The molecule has 0 saturated carbocycles. The summed E-state index contributed by atoms with van der Waals surface area (Å²) >= 11 is 0. The van der Waals surface area contributed by atoms with Crippen LogP contribution in [-0.2, 0) is 5.41 Å². The van der Waals surface area contributed by atoms with Gasteiger partial charge in [-0.15, -0.1) is 0 Å². The van der Waals surface area contributed by atoms with Crippen molar-refractivity contribution in [1.29, 1.82) is 0 Å². The number of aromatic nitrogens is 3. The Kier molecular flexibility index (Phi) is 8.25. The van der Waals surface area contributed by atoms with Crippen LogP contribution in [0.1, 0.15) is 42.9 Å². The van der Waals surface area contributed by atoms with E-state index in [-0.39, 0.29) is 47.2 Å². The van der Waals surface area contributed by atoms with Gasteiger partial charge in [0.15, 0.2) is 11.0 Å². The molecule has 66 heavy (non-hydrogen) atoms. The lowest BCUT2D eigenvalue weighted by atomic mass is 9.65. The van der Waals surface area contributed by atoms with Gasteiger partial charge in [-0.25, -0.2) is 0 Å². The molecule has 0 radical (unpaired) electrons. The number of benzene rings is 8. The molecule has 6 nitrogen and oxygen atoms in total. The highest BCUT2D eigenvalue weighted by Crippen LogP contribution is 2.46. The number of fused-ring (bicyclic) bond motifs is 2. The highest BCUT2D eigenvalue weighted by Gasteiger charge is 2.44. The van der Waals surface area contributed by atoms with Crippen LogP contribution in [0.5, 0.6) is 11.6 Å². The maximum absolute atomic E-state index is 9.14. The van der Waals surface area contributed by atoms with E-state index < -0.39 is 25.0 Å². The fourth-order valence-electron chi connectivity index (χ4n) is 9.02. The number of ether oxygens (including phenoxy) is 1. The van der Waals surface area contributed by atoms with Gasteiger partial charge in [0.25, 0.3) is 6.33 Å². The van der Waals surface area contributed by atoms with Crippen molar-refractivity contribution in [1.82, 2.24) is 9.55 Å². The zero-order valence-electron chi connectivity index (χ0n) is 44.7. The van der Waals surface area contributed by atoms with Crippen molar-refractivity contribution >= 4 is 46.4 Å². The van der Waals surface area contributed by atoms with Crippen molar-refractivity contribution < 1.29 is 20.3 Å². The second-order valence-electron chi connectivity index (χ2n) is 17.3. The van der Waals surface area contributed by atoms with Crippen LogP contribution in [0.2, 0.25) is 0 Å². The molecule has 0 amide bonds. The van der Waals surface area contributed by atoms with Gasteiger partial charge in [-0.2, -0.15) is 14.1 Å². The van der Waals surface area contributed by atoms with Gasteiger partial charge in [0.05, 0.1) is 18.2 Å². The van der Waals surface area contributed by atoms with Crippen molar-refractivity contribution in [3.63, 3.8) is 0 Å². The first-order chi connectivity index (χ1) is 35.6. The van der Waals surface area contributed by atoms with Gasteiger partial charge in [0.1, 0.15) is 22.9 Å². The molecule has 11 rings (SSSR count). The standard InChI is InChI=1S/C59H49BN5O/c1-42-37-38-48(40-55(42)66-57-36-20-35-56(61-57)65-54-34-17-16-33-53(54)64(47-27-12-7-13-28-47)60(65)46-25-10-6-11-26-46)62-41-63(52-32-15-14-31-51(52)62)58-49(43-21-8-5-9-22-43)29-19-30-50(58)44-23-18-24-45(39-44)59(2,3)4/h5-41H,1-4H3/q+1/i1D3,5D,8D,9D,21D,22D. The number of rotatable bonds is 9. The number of nitrogens with zero attached hydrogens (tertiary/aromatic N) is 5. The first-order valence-corrected chi connectivity index (χ1v) is 22.0. The third-order valence-corrected chi connectivity index (χ3v) is 12.2. The van der Waals surface area contributed by atoms with Crippen LogP contribution in [0.25, 0.3) is 44.7 Å². The molecule has 2 aromatic heterocycles. The maximum Gasteiger partial charge on any atom is 0.421 e. The van der Waals surface area contributed by atoms with E-state index >= 15 is 0 Å². The molecular weight excluding hydrogens is 805 g/mol. The molecule has 318 valence electrons. The molecule has 0 aliphatic carbocycles. The number of para-hydroxylation sites is 6. The average Bonchev–Trinajstić information content (AvgIpc) is 4.00. The van der Waals surface area contributed by atoms with Gasteiger partial charge in [-0.1, -0.05) is 178 Å². The van der Waals surface area contributed by atoms with E-state index in [4.69, 9.17) is 20.7 Å². The Bertz CT molecular complexity index is 3760. The third kappa shape index (κ3) is 7.38. The van der Waals surface area contributed by atoms with Crippen molar-refractivity contribution in [2.45, 2.75) is 33.0 Å². The van der Waals surface area contributed by atoms with Gasteiger partial charge >= 0.3 is 6.98 Å². The number of imidazole rings is 1. The molecule has 0 atom stereocenters. The second-order valence-corrected chi connectivity index (χ2v) is 17.3. The summed E-state index contributed by atoms with van der Waals surface area (Å²) in [6.45, 7) is 3.55. The van der Waals surface area contributed by atoms with Crippen LogP contribution in [0.3, 0.4) is 0 Å². The molecule has 10 aromatic rings. The molecule has 0 saturated heterocycles. The number of aryl methyl sites for hydroxylation is 1. The molecule has 1 aliphatic heterocycles. The van der Waals surface area contributed by atoms with Gasteiger partial charge in [0, 0.05) is 33.1 Å². The lowest BCUT2D eigenvalue weighted by Gasteiger charge is -2.29. The van der Waals surface area contributed by atoms with Crippen LogP contribution in [0, 0.1) is 6.85 Å². The van der Waals surface area contributed by atoms with Crippen LogP contribution < -0.4 is 24.4 Å². The molecule has 8 aromatic carbocycles. The Morgan fingerprint density at radius 2 is 1.29 bits per heavy atom. The van der Waals surface area contributed by atoms with Gasteiger partial charge < -0.3 is 14.4 Å². The highest BCUT2D eigenvalue weighted by atomic mass is 16.5. The van der Waals surface area contributed by atoms with E-state index in [1.807, 2.05) is 125 Å². The van der Waals surface area contributed by atoms with E-state index in [0.717, 1.165) is 50.2 Å². The Morgan fingerprint density at radius 1 is 0.606 bits per heavy atom. The minimum absolute atomic E-state index is 0.00530. The Labute approximate surface area is 398 Å². The molecule has 0 bridgehead atoms. The minimum atomic E-state index is -2.56. The van der Waals surface area contributed by atoms with Gasteiger partial charge in [-0.3, -0.25) is 0 Å². The third-order valence-electron chi connectivity index (χ3n) is 12.2. The number of anilines is 4. The molecule has 0 fully saturated rings. The SMILES string of the molecule is [2H]c1c([2H])c([2H])c(-c2cccc(-c3cccc(C(C)(C)C)c3)c2-[n+]2cn(-c3ccc(C([2H])([2H])[2H])c(Oc4cccc(N5B(c6ccccc6)N(c6ccccc6)c6ccccc65)n4)c3)c3ccccc32)c([2H])c1[2H]. The first-order valence-electron chi connectivity index (χ1n) is 26.0. The van der Waals surface area contributed by atoms with Gasteiger partial charge in [-0.05, 0) is 88.5 Å². The number of pyridine rings is 1. The summed E-state index contributed by atoms with van der Waals surface area (Å²) < 4.78 is 80.6. The quantitative estimate of drug-likeness (QED) is 0.107. The summed E-state index contributed by atoms with van der Waals surface area (Å²) in [7, 11) is 0. The van der Waals surface area contributed by atoms with Crippen LogP contribution >= 0.6 is 0 Å². The summed E-state index contributed by atoms with van der Waals surface area (Å²) in [6, 6.07) is 58.8. The number of hydrogen-bond acceptors (Lipinski definition) is 4. The Hall–Kier alpha value is -8.16. The molecule has 0 N–H and O–H groups in total. The fourth-order valence-corrected chi connectivity index (χ4v) is 9.02. The zero-order chi connectivity index (χ0) is 51.6. The lowest BCUT2D eigenvalue weighted by Crippen LogP contribution is -2.53. The van der Waals surface area contributed by atoms with E-state index in [0.29, 0.717) is 22.8 Å². The van der Waals surface area contributed by atoms with E-state index in [1.54, 1.807) is 30.3 Å². The Morgan fingerprint density at radius 3 is 2.06 bits per heavy atom. The van der Waals surface area contributed by atoms with Crippen molar-refractivity contribution in [2.24, 2.45) is 0 Å². The largest absolute Gasteiger partial charge is 0.439 e. The molecule has 0 spiro atoms. The summed E-state index contributed by atoms with van der Waals surface area (Å²) in [6.07, 6.45) is 1.88. The number of hydrogen-bond donors (Lipinski definition) is 0. The monoisotopic (exact) mass is 862 g/mol. The first kappa shape index (κ1) is 32.5. The smallest absolute Gasteiger partial charge is 0.421 e. The van der Waals surface area contributed by atoms with Crippen LogP contribution in [0.4, 0.5) is 22.9 Å². The molecule has 7 heteroatoms. The maximum atomic E-state index is 9.14. The summed E-state index contributed by atoms with van der Waals surface area (Å²) in [4.78, 5) is 9.58. The molecular formula is C59H49BN5O+. The zero-order valence-corrected chi connectivity index (χ0v) is 36.7. The topological polar surface area (TPSA) is 37.4 Å². The minimum Gasteiger partial charge on any atom is -0.439 e.